The third-order valence-electron chi connectivity index (χ3n) is 3.67. The predicted octanol–water partition coefficient (Wildman–Crippen LogP) is 2.88. The van der Waals surface area contributed by atoms with Crippen LogP contribution < -0.4 is 9.46 Å². The molecule has 0 aliphatic rings. The van der Waals surface area contributed by atoms with Crippen LogP contribution in [0.2, 0.25) is 0 Å². The molecule has 0 atom stereocenters. The van der Waals surface area contributed by atoms with Gasteiger partial charge in [-0.2, -0.15) is 18.2 Å². The summed E-state index contributed by atoms with van der Waals surface area (Å²) in [6.45, 7) is 0. The number of methoxy groups -OCH3 is 1. The molecule has 1 heterocycles. The van der Waals surface area contributed by atoms with E-state index in [0.717, 1.165) is 0 Å². The van der Waals surface area contributed by atoms with E-state index in [1.54, 1.807) is 0 Å². The second-order valence-electron chi connectivity index (χ2n) is 5.61. The zero-order valence-corrected chi connectivity index (χ0v) is 15.4. The first-order valence-electron chi connectivity index (χ1n) is 7.83. The molecule has 0 saturated heterocycles. The lowest BCUT2D eigenvalue weighted by atomic mass is 10.1. The maximum atomic E-state index is 12.5. The second kappa shape index (κ2) is 7.54. The van der Waals surface area contributed by atoms with E-state index in [1.165, 1.54) is 55.6 Å². The highest BCUT2D eigenvalue weighted by molar-refractivity contribution is 7.90. The Labute approximate surface area is 162 Å². The van der Waals surface area contributed by atoms with Gasteiger partial charge in [0, 0.05) is 11.1 Å². The number of nitrogens with zero attached hydrogens (tertiary/aromatic N) is 2. The molecule has 2 aromatic carbocycles. The minimum atomic E-state index is -4.78. The highest BCUT2D eigenvalue weighted by atomic mass is 32.2. The Kier molecular flexibility index (Phi) is 5.29. The van der Waals surface area contributed by atoms with Crippen molar-refractivity contribution in [3.8, 4) is 17.1 Å². The summed E-state index contributed by atoms with van der Waals surface area (Å²) in [4.78, 5) is 15.3. The van der Waals surface area contributed by atoms with Crippen molar-refractivity contribution in [2.75, 3.05) is 7.11 Å². The first-order chi connectivity index (χ1) is 13.6. The molecule has 1 aromatic heterocycles. The minimum Gasteiger partial charge on any atom is -0.497 e. The molecule has 0 saturated carbocycles. The van der Waals surface area contributed by atoms with E-state index < -0.39 is 28.0 Å². The van der Waals surface area contributed by atoms with Crippen molar-refractivity contribution in [2.24, 2.45) is 0 Å². The summed E-state index contributed by atoms with van der Waals surface area (Å²) in [6, 6.07) is 10.4. The molecule has 0 aliphatic carbocycles. The maximum Gasteiger partial charge on any atom is 0.471 e. The van der Waals surface area contributed by atoms with Crippen LogP contribution in [-0.2, 0) is 16.2 Å². The molecular weight excluding hydrogens is 415 g/mol. The van der Waals surface area contributed by atoms with Crippen LogP contribution in [0.4, 0.5) is 13.2 Å². The molecule has 152 valence electrons. The van der Waals surface area contributed by atoms with E-state index >= 15 is 0 Å². The lowest BCUT2D eigenvalue weighted by Gasteiger charge is -2.08. The van der Waals surface area contributed by atoms with Gasteiger partial charge in [-0.15, -0.1) is 0 Å². The van der Waals surface area contributed by atoms with Gasteiger partial charge in [-0.1, -0.05) is 17.3 Å². The monoisotopic (exact) mass is 427 g/mol. The van der Waals surface area contributed by atoms with Crippen LogP contribution in [0.25, 0.3) is 11.4 Å². The molecule has 8 nitrogen and oxygen atoms in total. The summed E-state index contributed by atoms with van der Waals surface area (Å²) in [5.41, 5.74) is 0.115. The molecular formula is C17H12F3N3O5S. The Morgan fingerprint density at radius 1 is 1.07 bits per heavy atom. The smallest absolute Gasteiger partial charge is 0.471 e. The second-order valence-corrected chi connectivity index (χ2v) is 7.29. The number of ether oxygens (including phenoxy) is 1. The number of hydrogen-bond donors (Lipinski definition) is 1. The van der Waals surface area contributed by atoms with Gasteiger partial charge in [-0.25, -0.2) is 13.1 Å². The van der Waals surface area contributed by atoms with Crippen LogP contribution in [0.3, 0.4) is 0 Å². The number of hydrogen-bond acceptors (Lipinski definition) is 7. The van der Waals surface area contributed by atoms with Crippen LogP contribution >= 0.6 is 0 Å². The molecule has 1 amide bonds. The molecule has 3 aromatic rings. The largest absolute Gasteiger partial charge is 0.497 e. The van der Waals surface area contributed by atoms with Gasteiger partial charge in [0.15, 0.2) is 0 Å². The van der Waals surface area contributed by atoms with E-state index in [4.69, 9.17) is 4.74 Å². The summed E-state index contributed by atoms with van der Waals surface area (Å²) in [7, 11) is -2.70. The zero-order valence-electron chi connectivity index (χ0n) is 14.6. The van der Waals surface area contributed by atoms with Gasteiger partial charge < -0.3 is 9.26 Å². The highest BCUT2D eigenvalue weighted by Gasteiger charge is 2.38. The minimum absolute atomic E-state index is 0.0367. The molecule has 0 spiro atoms. The number of halogens is 3. The Morgan fingerprint density at radius 2 is 1.69 bits per heavy atom. The van der Waals surface area contributed by atoms with Gasteiger partial charge in [-0.3, -0.25) is 4.79 Å². The summed E-state index contributed by atoms with van der Waals surface area (Å²) < 4.78 is 73.1. The number of rotatable bonds is 5. The van der Waals surface area contributed by atoms with Crippen LogP contribution in [0.1, 0.15) is 16.2 Å². The van der Waals surface area contributed by atoms with Crippen molar-refractivity contribution in [3.63, 3.8) is 0 Å². The molecule has 12 heteroatoms. The number of aromatic nitrogens is 2. The number of amides is 1. The molecule has 3 rings (SSSR count). The van der Waals surface area contributed by atoms with Gasteiger partial charge in [-0.05, 0) is 36.4 Å². The molecule has 0 bridgehead atoms. The topological polar surface area (TPSA) is 111 Å². The molecule has 0 radical (unpaired) electrons. The van der Waals surface area contributed by atoms with Crippen molar-refractivity contribution in [2.45, 2.75) is 11.1 Å². The van der Waals surface area contributed by atoms with Gasteiger partial charge in [0.2, 0.25) is 5.82 Å². The normalized spacial score (nSPS) is 11.9. The molecule has 1 N–H and O–H groups in total. The lowest BCUT2D eigenvalue weighted by Crippen LogP contribution is -2.30. The number of carbonyl (C=O) groups excluding carboxylic acids is 1. The van der Waals surface area contributed by atoms with Crippen molar-refractivity contribution in [3.05, 3.63) is 60.0 Å². The first kappa shape index (κ1) is 20.3. The predicted molar refractivity (Wildman–Crippen MR) is 92.4 cm³/mol. The van der Waals surface area contributed by atoms with E-state index in [1.807, 2.05) is 4.72 Å². The fraction of sp³-hybridized carbons (Fsp3) is 0.118. The number of nitrogens with one attached hydrogen (secondary N) is 1. The lowest BCUT2D eigenvalue weighted by molar-refractivity contribution is -0.159. The summed E-state index contributed by atoms with van der Waals surface area (Å²) in [5, 5.41) is 3.23. The number of benzene rings is 2. The standard InChI is InChI=1S/C17H12F3N3O5S/c1-27-12-6-8-13(9-7-12)29(25,26)23-15(24)11-4-2-10(3-5-11)14-21-16(28-22-14)17(18,19)20/h2-9H,1H3,(H,23,24). The van der Waals surface area contributed by atoms with Crippen LogP contribution in [0.15, 0.2) is 57.9 Å². The summed E-state index contributed by atoms with van der Waals surface area (Å²) >= 11 is 0. The molecule has 29 heavy (non-hydrogen) atoms. The highest BCUT2D eigenvalue weighted by Crippen LogP contribution is 2.29. The van der Waals surface area contributed by atoms with E-state index in [0.29, 0.717) is 5.75 Å². The van der Waals surface area contributed by atoms with Gasteiger partial charge >= 0.3 is 12.1 Å². The Morgan fingerprint density at radius 3 is 2.21 bits per heavy atom. The van der Waals surface area contributed by atoms with E-state index in [2.05, 4.69) is 14.7 Å². The van der Waals surface area contributed by atoms with Crippen molar-refractivity contribution >= 4 is 15.9 Å². The van der Waals surface area contributed by atoms with E-state index in [-0.39, 0.29) is 21.8 Å². The van der Waals surface area contributed by atoms with E-state index in [9.17, 15) is 26.4 Å². The molecule has 0 unspecified atom stereocenters. The van der Waals surface area contributed by atoms with Crippen molar-refractivity contribution in [1.29, 1.82) is 0 Å². The molecule has 0 fully saturated rings. The number of alkyl halides is 3. The Hall–Kier alpha value is -3.41. The van der Waals surface area contributed by atoms with Crippen LogP contribution in [0.5, 0.6) is 5.75 Å². The van der Waals surface area contributed by atoms with Gasteiger partial charge in [0.05, 0.1) is 12.0 Å². The van der Waals surface area contributed by atoms with Crippen molar-refractivity contribution < 1.29 is 35.6 Å². The quantitative estimate of drug-likeness (QED) is 0.666. The fourth-order valence-corrected chi connectivity index (χ4v) is 3.20. The maximum absolute atomic E-state index is 12.5. The first-order valence-corrected chi connectivity index (χ1v) is 9.31. The third kappa shape index (κ3) is 4.54. The van der Waals surface area contributed by atoms with Crippen molar-refractivity contribution in [1.82, 2.24) is 14.9 Å². The number of sulfonamides is 1. The Bertz CT molecular complexity index is 1120. The number of carbonyl (C=O) groups is 1. The average Bonchev–Trinajstić information content (AvgIpc) is 3.18. The fourth-order valence-electron chi connectivity index (χ4n) is 2.22. The summed E-state index contributed by atoms with van der Waals surface area (Å²) in [5.74, 6) is -2.30. The zero-order chi connectivity index (χ0) is 21.2. The van der Waals surface area contributed by atoms with Gasteiger partial charge in [0.25, 0.3) is 15.9 Å². The summed E-state index contributed by atoms with van der Waals surface area (Å²) in [6.07, 6.45) is -4.78. The average molecular weight is 427 g/mol. The SMILES string of the molecule is COc1ccc(S(=O)(=O)NC(=O)c2ccc(-c3noc(C(F)(F)F)n3)cc2)cc1. The van der Waals surface area contributed by atoms with Crippen LogP contribution in [-0.4, -0.2) is 31.6 Å². The van der Waals surface area contributed by atoms with Crippen LogP contribution in [0, 0.1) is 0 Å². The molecule has 0 aliphatic heterocycles. The van der Waals surface area contributed by atoms with Gasteiger partial charge in [0.1, 0.15) is 5.75 Å². The Balaban J connectivity index is 1.75. The third-order valence-corrected chi connectivity index (χ3v) is 5.02.